The van der Waals surface area contributed by atoms with Gasteiger partial charge < -0.3 is 4.74 Å². The van der Waals surface area contributed by atoms with Crippen LogP contribution in [0, 0.1) is 0 Å². The number of ether oxygens (including phenoxy) is 1. The molecule has 0 radical (unpaired) electrons. The van der Waals surface area contributed by atoms with E-state index in [1.807, 2.05) is 0 Å². The molecular formula is C10H6ClF6NO. The van der Waals surface area contributed by atoms with E-state index in [1.54, 1.807) is 0 Å². The van der Waals surface area contributed by atoms with Crippen LogP contribution in [0.5, 0.6) is 5.75 Å². The van der Waals surface area contributed by atoms with E-state index in [2.05, 4.69) is 9.73 Å². The van der Waals surface area contributed by atoms with Crippen LogP contribution in [-0.2, 0) is 6.18 Å². The molecule has 9 heteroatoms. The highest BCUT2D eigenvalue weighted by Crippen LogP contribution is 2.35. The van der Waals surface area contributed by atoms with Crippen LogP contribution in [0.25, 0.3) is 0 Å². The van der Waals surface area contributed by atoms with Crippen LogP contribution in [0.15, 0.2) is 23.2 Å². The van der Waals surface area contributed by atoms with E-state index in [0.717, 1.165) is 13.2 Å². The van der Waals surface area contributed by atoms with E-state index in [0.29, 0.717) is 12.1 Å². The minimum Gasteiger partial charge on any atom is -0.497 e. The molecule has 0 unspecified atom stereocenters. The second kappa shape index (κ2) is 5.28. The van der Waals surface area contributed by atoms with Crippen molar-refractivity contribution in [1.82, 2.24) is 0 Å². The third kappa shape index (κ3) is 4.30. The summed E-state index contributed by atoms with van der Waals surface area (Å²) in [5, 5.41) is -1.77. The quantitative estimate of drug-likeness (QED) is 0.580. The number of hydrogen-bond donors (Lipinski definition) is 0. The van der Waals surface area contributed by atoms with Gasteiger partial charge in [0.15, 0.2) is 0 Å². The maximum atomic E-state index is 12.5. The summed E-state index contributed by atoms with van der Waals surface area (Å²) in [6, 6.07) is 1.99. The molecule has 0 saturated carbocycles. The lowest BCUT2D eigenvalue weighted by molar-refractivity contribution is -0.137. The topological polar surface area (TPSA) is 21.6 Å². The van der Waals surface area contributed by atoms with Crippen LogP contribution in [0.4, 0.5) is 32.0 Å². The van der Waals surface area contributed by atoms with E-state index < -0.39 is 28.8 Å². The number of methoxy groups -OCH3 is 1. The van der Waals surface area contributed by atoms with Gasteiger partial charge in [0.25, 0.3) is 0 Å². The summed E-state index contributed by atoms with van der Waals surface area (Å²) in [5.74, 6) is -0.278. The fourth-order valence-electron chi connectivity index (χ4n) is 1.11. The normalized spacial score (nSPS) is 13.6. The molecule has 1 rings (SSSR count). The second-order valence-corrected chi connectivity index (χ2v) is 3.68. The Morgan fingerprint density at radius 2 is 1.68 bits per heavy atom. The summed E-state index contributed by atoms with van der Waals surface area (Å²) in [7, 11) is 1.08. The van der Waals surface area contributed by atoms with Crippen molar-refractivity contribution in [1.29, 1.82) is 0 Å². The predicted molar refractivity (Wildman–Crippen MR) is 57.0 cm³/mol. The highest BCUT2D eigenvalue weighted by atomic mass is 35.5. The minimum atomic E-state index is -4.93. The molecular weight excluding hydrogens is 300 g/mol. The zero-order chi connectivity index (χ0) is 14.8. The zero-order valence-electron chi connectivity index (χ0n) is 9.23. The molecule has 0 amide bonds. The predicted octanol–water partition coefficient (Wildman–Crippen LogP) is 4.55. The largest absolute Gasteiger partial charge is 0.497 e. The fourth-order valence-corrected chi connectivity index (χ4v) is 1.20. The Kier molecular flexibility index (Phi) is 4.34. The standard InChI is InChI=1S/C10H6ClF6NO/c1-19-7-3-5(9(12,13)14)2-6(4-7)18-8(11)10(15,16)17/h2-4H,1H3. The van der Waals surface area contributed by atoms with Gasteiger partial charge in [-0.05, 0) is 12.1 Å². The Bertz CT molecular complexity index is 494. The van der Waals surface area contributed by atoms with Gasteiger partial charge in [-0.25, -0.2) is 4.99 Å². The van der Waals surface area contributed by atoms with Gasteiger partial charge in [-0.15, -0.1) is 0 Å². The first-order chi connectivity index (χ1) is 8.54. The molecule has 106 valence electrons. The minimum absolute atomic E-state index is 0.278. The van der Waals surface area contributed by atoms with E-state index >= 15 is 0 Å². The van der Waals surface area contributed by atoms with Gasteiger partial charge in [0.2, 0.25) is 5.17 Å². The molecule has 0 aromatic heterocycles. The van der Waals surface area contributed by atoms with Crippen molar-refractivity contribution in [2.75, 3.05) is 7.11 Å². The van der Waals surface area contributed by atoms with Gasteiger partial charge in [0.1, 0.15) is 5.75 Å². The molecule has 1 aromatic carbocycles. The molecule has 0 atom stereocenters. The summed E-state index contributed by atoms with van der Waals surface area (Å²) in [6.07, 6.45) is -9.66. The highest BCUT2D eigenvalue weighted by Gasteiger charge is 2.35. The van der Waals surface area contributed by atoms with Gasteiger partial charge in [-0.2, -0.15) is 26.3 Å². The molecule has 0 spiro atoms. The fraction of sp³-hybridized carbons (Fsp3) is 0.300. The summed E-state index contributed by atoms with van der Waals surface area (Å²) < 4.78 is 78.5. The molecule has 0 fully saturated rings. The number of benzene rings is 1. The molecule has 0 aliphatic heterocycles. The van der Waals surface area contributed by atoms with Crippen LogP contribution in [0.2, 0.25) is 0 Å². The molecule has 2 nitrogen and oxygen atoms in total. The molecule has 0 bridgehead atoms. The Balaban J connectivity index is 3.30. The molecule has 0 N–H and O–H groups in total. The lowest BCUT2D eigenvalue weighted by Crippen LogP contribution is -2.16. The van der Waals surface area contributed by atoms with E-state index in [9.17, 15) is 26.3 Å². The van der Waals surface area contributed by atoms with Crippen molar-refractivity contribution in [3.63, 3.8) is 0 Å². The van der Waals surface area contributed by atoms with Crippen molar-refractivity contribution in [3.05, 3.63) is 23.8 Å². The second-order valence-electron chi connectivity index (χ2n) is 3.32. The molecule has 0 saturated heterocycles. The van der Waals surface area contributed by atoms with E-state index in [4.69, 9.17) is 11.6 Å². The Morgan fingerprint density at radius 1 is 1.11 bits per heavy atom. The third-order valence-corrected chi connectivity index (χ3v) is 2.21. The van der Waals surface area contributed by atoms with E-state index in [-0.39, 0.29) is 5.75 Å². The smallest absolute Gasteiger partial charge is 0.444 e. The van der Waals surface area contributed by atoms with Gasteiger partial charge in [-0.1, -0.05) is 11.6 Å². The molecule has 0 heterocycles. The maximum Gasteiger partial charge on any atom is 0.444 e. The molecule has 19 heavy (non-hydrogen) atoms. The van der Waals surface area contributed by atoms with Crippen LogP contribution in [0.1, 0.15) is 5.56 Å². The average Bonchev–Trinajstić information content (AvgIpc) is 2.26. The summed E-state index contributed by atoms with van der Waals surface area (Å²) >= 11 is 4.86. The first-order valence-corrected chi connectivity index (χ1v) is 4.99. The third-order valence-electron chi connectivity index (χ3n) is 1.92. The number of halogens is 7. The SMILES string of the molecule is COc1cc(N=C(Cl)C(F)(F)F)cc(C(F)(F)F)c1. The number of alkyl halides is 6. The summed E-state index contributed by atoms with van der Waals surface area (Å²) in [5.41, 5.74) is -1.79. The van der Waals surface area contributed by atoms with Gasteiger partial charge in [0.05, 0.1) is 18.4 Å². The zero-order valence-corrected chi connectivity index (χ0v) is 9.99. The van der Waals surface area contributed by atoms with Crippen molar-refractivity contribution in [3.8, 4) is 5.75 Å². The molecule has 1 aromatic rings. The molecule has 0 aliphatic rings. The summed E-state index contributed by atoms with van der Waals surface area (Å²) in [4.78, 5) is 2.89. The van der Waals surface area contributed by atoms with Crippen molar-refractivity contribution < 1.29 is 31.1 Å². The lowest BCUT2D eigenvalue weighted by Gasteiger charge is -2.10. The van der Waals surface area contributed by atoms with Gasteiger partial charge in [-0.3, -0.25) is 0 Å². The number of rotatable bonds is 2. The summed E-state index contributed by atoms with van der Waals surface area (Å²) in [6.45, 7) is 0. The van der Waals surface area contributed by atoms with E-state index in [1.165, 1.54) is 0 Å². The number of hydrogen-bond acceptors (Lipinski definition) is 2. The van der Waals surface area contributed by atoms with Gasteiger partial charge >= 0.3 is 12.4 Å². The maximum absolute atomic E-state index is 12.5. The molecule has 0 aliphatic carbocycles. The van der Waals surface area contributed by atoms with Crippen molar-refractivity contribution >= 4 is 22.5 Å². The monoisotopic (exact) mass is 305 g/mol. The first kappa shape index (κ1) is 15.6. The Morgan fingerprint density at radius 3 is 2.11 bits per heavy atom. The first-order valence-electron chi connectivity index (χ1n) is 4.61. The van der Waals surface area contributed by atoms with Crippen LogP contribution in [0.3, 0.4) is 0 Å². The van der Waals surface area contributed by atoms with Crippen molar-refractivity contribution in [2.24, 2.45) is 4.99 Å². The van der Waals surface area contributed by atoms with Crippen molar-refractivity contribution in [2.45, 2.75) is 12.4 Å². The van der Waals surface area contributed by atoms with Gasteiger partial charge in [0, 0.05) is 6.07 Å². The average molecular weight is 306 g/mol. The Hall–Kier alpha value is -1.44. The number of nitrogens with zero attached hydrogens (tertiary/aromatic N) is 1. The Labute approximate surface area is 108 Å². The lowest BCUT2D eigenvalue weighted by atomic mass is 10.2. The number of aliphatic imine (C=N–C) groups is 1. The van der Waals surface area contributed by atoms with Crippen LogP contribution in [-0.4, -0.2) is 18.5 Å². The highest BCUT2D eigenvalue weighted by molar-refractivity contribution is 6.67. The van der Waals surface area contributed by atoms with Crippen LogP contribution < -0.4 is 4.74 Å². The van der Waals surface area contributed by atoms with Crippen LogP contribution >= 0.6 is 11.6 Å².